The van der Waals surface area contributed by atoms with Crippen LogP contribution in [0.2, 0.25) is 0 Å². The number of ether oxygens (including phenoxy) is 2. The van der Waals surface area contributed by atoms with Gasteiger partial charge in [-0.1, -0.05) is 42.5 Å². The van der Waals surface area contributed by atoms with E-state index < -0.39 is 0 Å². The van der Waals surface area contributed by atoms with Crippen LogP contribution in [0.1, 0.15) is 43.1 Å². The standard InChI is InChI=1S/C42H40N4O5S/c1-26-33-7-5-6-8-38(33)52-39(26)24-35-41(48)44-34(42(49)45(35)2)21-28-9-13-29(14-10-28)40(47)43-32-15-11-27(12-16-32)17-19-46-20-18-30-22-36(50-3)37(51-4)23-31(30)25-46/h5-16,21-24H,17-20,25H2,1-4H3,(H,43,47)(H,44,48). The molecule has 0 spiro atoms. The van der Waals surface area contributed by atoms with Crippen molar-refractivity contribution in [3.05, 3.63) is 155 Å². The molecule has 0 bridgehead atoms. The second kappa shape index (κ2) is 14.9. The number of hydrogen-bond acceptors (Lipinski definition) is 7. The Kier molecular flexibility index (Phi) is 9.93. The lowest BCUT2D eigenvalue weighted by Gasteiger charge is -2.29. The molecule has 1 amide bonds. The van der Waals surface area contributed by atoms with Crippen molar-refractivity contribution in [1.29, 1.82) is 0 Å². The van der Waals surface area contributed by atoms with Gasteiger partial charge in [-0.3, -0.25) is 19.3 Å². The zero-order valence-electron chi connectivity index (χ0n) is 29.6. The maximum Gasteiger partial charge on any atom is 0.274 e. The van der Waals surface area contributed by atoms with E-state index in [1.165, 1.54) is 21.3 Å². The second-order valence-electron chi connectivity index (χ2n) is 13.0. The molecule has 1 aliphatic heterocycles. The van der Waals surface area contributed by atoms with Crippen LogP contribution < -0.4 is 36.6 Å². The predicted octanol–water partition coefficient (Wildman–Crippen LogP) is 5.12. The zero-order chi connectivity index (χ0) is 36.4. The van der Waals surface area contributed by atoms with Crippen LogP contribution in [0.3, 0.4) is 0 Å². The average molecular weight is 713 g/mol. The van der Waals surface area contributed by atoms with Gasteiger partial charge in [0.05, 0.1) is 14.2 Å². The number of benzene rings is 4. The number of H-pyrrole nitrogens is 1. The number of anilines is 1. The fourth-order valence-electron chi connectivity index (χ4n) is 6.67. The normalized spacial score (nSPS) is 13.7. The topological polar surface area (TPSA) is 106 Å². The first-order chi connectivity index (χ1) is 25.2. The number of carbonyl (C=O) groups is 1. The maximum atomic E-state index is 13.3. The molecule has 0 saturated heterocycles. The number of amides is 1. The van der Waals surface area contributed by atoms with Gasteiger partial charge in [0.25, 0.3) is 17.0 Å². The lowest BCUT2D eigenvalue weighted by molar-refractivity contribution is 0.102. The molecule has 0 unspecified atom stereocenters. The van der Waals surface area contributed by atoms with Gasteiger partial charge in [0.15, 0.2) is 11.5 Å². The number of nitrogens with zero attached hydrogens (tertiary/aromatic N) is 2. The Bertz CT molecular complexity index is 2530. The number of nitrogens with one attached hydrogen (secondary N) is 2. The lowest BCUT2D eigenvalue weighted by atomic mass is 9.98. The van der Waals surface area contributed by atoms with Crippen LogP contribution in [0, 0.1) is 6.92 Å². The summed E-state index contributed by atoms with van der Waals surface area (Å²) in [7, 11) is 4.93. The number of aromatic amines is 1. The molecule has 3 heterocycles. The van der Waals surface area contributed by atoms with E-state index in [1.807, 2.05) is 49.4 Å². The number of carbonyl (C=O) groups excluding carboxylic acids is 1. The molecule has 0 radical (unpaired) electrons. The van der Waals surface area contributed by atoms with Gasteiger partial charge in [-0.15, -0.1) is 11.3 Å². The maximum absolute atomic E-state index is 13.3. The summed E-state index contributed by atoms with van der Waals surface area (Å²) in [6, 6.07) is 27.1. The largest absolute Gasteiger partial charge is 0.493 e. The van der Waals surface area contributed by atoms with Crippen LogP contribution >= 0.6 is 11.3 Å². The average Bonchev–Trinajstić information content (AvgIpc) is 3.49. The van der Waals surface area contributed by atoms with Crippen LogP contribution in [0.4, 0.5) is 5.69 Å². The minimum Gasteiger partial charge on any atom is -0.493 e. The fourth-order valence-corrected chi connectivity index (χ4v) is 7.82. The second-order valence-corrected chi connectivity index (χ2v) is 14.1. The van der Waals surface area contributed by atoms with Crippen molar-refractivity contribution in [1.82, 2.24) is 14.5 Å². The highest BCUT2D eigenvalue weighted by Crippen LogP contribution is 2.33. The van der Waals surface area contributed by atoms with Crippen LogP contribution in [0.15, 0.2) is 94.5 Å². The van der Waals surface area contributed by atoms with E-state index in [4.69, 9.17) is 9.47 Å². The van der Waals surface area contributed by atoms with Crippen molar-refractivity contribution in [2.75, 3.05) is 32.6 Å². The number of hydrogen-bond donors (Lipinski definition) is 2. The smallest absolute Gasteiger partial charge is 0.274 e. The molecular formula is C42H40N4O5S. The Morgan fingerprint density at radius 2 is 1.63 bits per heavy atom. The highest BCUT2D eigenvalue weighted by molar-refractivity contribution is 7.20. The van der Waals surface area contributed by atoms with E-state index >= 15 is 0 Å². The third kappa shape index (κ3) is 7.21. The number of thiophene rings is 1. The Hall–Kier alpha value is -5.71. The van der Waals surface area contributed by atoms with Gasteiger partial charge in [0.2, 0.25) is 0 Å². The third-order valence-corrected chi connectivity index (χ3v) is 11.0. The van der Waals surface area contributed by atoms with E-state index in [-0.39, 0.29) is 27.7 Å². The molecule has 264 valence electrons. The fraction of sp³-hybridized carbons (Fsp3) is 0.214. The minimum absolute atomic E-state index is 0.168. The number of rotatable bonds is 9. The molecule has 7 rings (SSSR count). The first kappa shape index (κ1) is 34.7. The van der Waals surface area contributed by atoms with Gasteiger partial charge in [0.1, 0.15) is 10.7 Å². The number of fused-ring (bicyclic) bond motifs is 2. The molecule has 2 N–H and O–H groups in total. The molecule has 52 heavy (non-hydrogen) atoms. The van der Waals surface area contributed by atoms with Crippen molar-refractivity contribution < 1.29 is 14.3 Å². The van der Waals surface area contributed by atoms with Crippen molar-refractivity contribution in [3.63, 3.8) is 0 Å². The van der Waals surface area contributed by atoms with Crippen molar-refractivity contribution in [2.24, 2.45) is 7.05 Å². The highest BCUT2D eigenvalue weighted by atomic mass is 32.1. The molecule has 6 aromatic rings. The molecule has 0 fully saturated rings. The molecule has 2 aromatic heterocycles. The van der Waals surface area contributed by atoms with Crippen LogP contribution in [0.25, 0.3) is 22.2 Å². The van der Waals surface area contributed by atoms with Crippen LogP contribution in [-0.4, -0.2) is 47.7 Å². The van der Waals surface area contributed by atoms with Crippen molar-refractivity contribution in [2.45, 2.75) is 26.3 Å². The van der Waals surface area contributed by atoms with E-state index in [0.717, 1.165) is 64.5 Å². The predicted molar refractivity (Wildman–Crippen MR) is 208 cm³/mol. The molecule has 0 aliphatic carbocycles. The van der Waals surface area contributed by atoms with Gasteiger partial charge in [-0.25, -0.2) is 0 Å². The molecule has 4 aromatic carbocycles. The van der Waals surface area contributed by atoms with E-state index in [2.05, 4.69) is 33.4 Å². The summed E-state index contributed by atoms with van der Waals surface area (Å²) in [6.45, 7) is 4.80. The molecule has 0 atom stereocenters. The van der Waals surface area contributed by atoms with Gasteiger partial charge in [-0.05, 0) is 108 Å². The van der Waals surface area contributed by atoms with E-state index in [0.29, 0.717) is 16.8 Å². The first-order valence-corrected chi connectivity index (χ1v) is 18.0. The molecular weight excluding hydrogens is 673 g/mol. The number of methoxy groups -OCH3 is 2. The summed E-state index contributed by atoms with van der Waals surface area (Å²) in [4.78, 5) is 45.6. The molecule has 0 saturated carbocycles. The van der Waals surface area contributed by atoms with Crippen LogP contribution in [0.5, 0.6) is 11.5 Å². The van der Waals surface area contributed by atoms with E-state index in [1.54, 1.807) is 69.0 Å². The third-order valence-electron chi connectivity index (χ3n) is 9.74. The molecule has 1 aliphatic rings. The Morgan fingerprint density at radius 1 is 0.923 bits per heavy atom. The number of aromatic nitrogens is 2. The molecule has 9 nitrogen and oxygen atoms in total. The van der Waals surface area contributed by atoms with Gasteiger partial charge in [-0.2, -0.15) is 0 Å². The summed E-state index contributed by atoms with van der Waals surface area (Å²) in [6.07, 6.45) is 5.26. The Balaban J connectivity index is 0.981. The number of aryl methyl sites for hydroxylation is 1. The van der Waals surface area contributed by atoms with Gasteiger partial charge < -0.3 is 24.3 Å². The van der Waals surface area contributed by atoms with Gasteiger partial charge in [0, 0.05) is 47.5 Å². The lowest BCUT2D eigenvalue weighted by Crippen LogP contribution is -2.52. The summed E-state index contributed by atoms with van der Waals surface area (Å²) in [5.74, 6) is 1.29. The van der Waals surface area contributed by atoms with Crippen LogP contribution in [-0.2, 0) is 26.4 Å². The van der Waals surface area contributed by atoms with Gasteiger partial charge >= 0.3 is 0 Å². The zero-order valence-corrected chi connectivity index (χ0v) is 30.4. The first-order valence-electron chi connectivity index (χ1n) is 17.2. The summed E-state index contributed by atoms with van der Waals surface area (Å²) in [5.41, 5.74) is 6.04. The Morgan fingerprint density at radius 3 is 2.35 bits per heavy atom. The summed E-state index contributed by atoms with van der Waals surface area (Å²) >= 11 is 1.59. The Labute approximate surface area is 305 Å². The summed E-state index contributed by atoms with van der Waals surface area (Å²) < 4.78 is 13.5. The SMILES string of the molecule is COc1cc2c(cc1OC)CN(CCc1ccc(NC(=O)c3ccc(C=c4[nH]c(=O)c(=Cc5sc6ccccc6c5C)n(C)c4=O)cc3)cc1)CC2. The minimum atomic E-state index is -0.355. The quantitative estimate of drug-likeness (QED) is 0.216. The summed E-state index contributed by atoms with van der Waals surface area (Å²) in [5, 5.41) is 4.56. The van der Waals surface area contributed by atoms with E-state index in [9.17, 15) is 14.4 Å². The van der Waals surface area contributed by atoms with Crippen molar-refractivity contribution in [3.8, 4) is 11.5 Å². The van der Waals surface area contributed by atoms with Crippen molar-refractivity contribution >= 4 is 45.2 Å². The highest BCUT2D eigenvalue weighted by Gasteiger charge is 2.19. The monoisotopic (exact) mass is 712 g/mol. The molecule has 10 heteroatoms.